The molecule has 2 aliphatic heterocycles. The second-order valence-corrected chi connectivity index (χ2v) is 7.17. The Kier molecular flexibility index (Phi) is 5.39. The lowest BCUT2D eigenvalue weighted by molar-refractivity contribution is -0.146. The van der Waals surface area contributed by atoms with Crippen LogP contribution in [0.3, 0.4) is 0 Å². The molecule has 2 fully saturated rings. The van der Waals surface area contributed by atoms with E-state index in [1.807, 2.05) is 18.2 Å². The maximum atomic E-state index is 13.1. The SMILES string of the molecule is CN1CCC(C(=O)NC[C@H]2CN(C)C(=O)CO2)(c2ccccc2)CC1. The third kappa shape index (κ3) is 3.85. The molecule has 2 aliphatic rings. The summed E-state index contributed by atoms with van der Waals surface area (Å²) >= 11 is 0. The second kappa shape index (κ2) is 7.54. The number of amides is 2. The Balaban J connectivity index is 1.69. The minimum atomic E-state index is -0.482. The van der Waals surface area contributed by atoms with E-state index in [2.05, 4.69) is 29.4 Å². The van der Waals surface area contributed by atoms with Gasteiger partial charge in [-0.3, -0.25) is 9.59 Å². The highest BCUT2D eigenvalue weighted by molar-refractivity contribution is 5.88. The van der Waals surface area contributed by atoms with Gasteiger partial charge in [0.15, 0.2) is 0 Å². The lowest BCUT2D eigenvalue weighted by Crippen LogP contribution is -2.54. The van der Waals surface area contributed by atoms with Crippen molar-refractivity contribution in [2.75, 3.05) is 46.9 Å². The van der Waals surface area contributed by atoms with E-state index < -0.39 is 5.41 Å². The molecule has 6 heteroatoms. The first-order valence-corrected chi connectivity index (χ1v) is 8.89. The predicted octanol–water partition coefficient (Wildman–Crippen LogP) is 0.623. The van der Waals surface area contributed by atoms with Crippen LogP contribution in [0.15, 0.2) is 30.3 Å². The van der Waals surface area contributed by atoms with Gasteiger partial charge in [-0.25, -0.2) is 0 Å². The largest absolute Gasteiger partial charge is 0.365 e. The number of benzene rings is 1. The molecule has 2 amide bonds. The Morgan fingerprint density at radius 3 is 2.56 bits per heavy atom. The van der Waals surface area contributed by atoms with Gasteiger partial charge in [0.05, 0.1) is 11.5 Å². The van der Waals surface area contributed by atoms with Gasteiger partial charge in [0.2, 0.25) is 11.8 Å². The Morgan fingerprint density at radius 1 is 1.24 bits per heavy atom. The Morgan fingerprint density at radius 2 is 1.92 bits per heavy atom. The van der Waals surface area contributed by atoms with Crippen molar-refractivity contribution in [2.24, 2.45) is 0 Å². The van der Waals surface area contributed by atoms with Crippen LogP contribution >= 0.6 is 0 Å². The summed E-state index contributed by atoms with van der Waals surface area (Å²) in [5.74, 6) is 0.0496. The molecule has 136 valence electrons. The zero-order valence-corrected chi connectivity index (χ0v) is 15.0. The van der Waals surface area contributed by atoms with Crippen molar-refractivity contribution in [1.29, 1.82) is 0 Å². The van der Waals surface area contributed by atoms with Gasteiger partial charge < -0.3 is 19.9 Å². The minimum Gasteiger partial charge on any atom is -0.365 e. The van der Waals surface area contributed by atoms with Crippen molar-refractivity contribution >= 4 is 11.8 Å². The lowest BCUT2D eigenvalue weighted by atomic mass is 9.72. The number of likely N-dealkylation sites (N-methyl/N-ethyl adjacent to an activating group) is 1. The zero-order valence-electron chi connectivity index (χ0n) is 15.0. The van der Waals surface area contributed by atoms with Crippen LogP contribution in [0, 0.1) is 0 Å². The van der Waals surface area contributed by atoms with Crippen LogP contribution in [0.1, 0.15) is 18.4 Å². The van der Waals surface area contributed by atoms with Gasteiger partial charge in [-0.2, -0.15) is 0 Å². The van der Waals surface area contributed by atoms with Gasteiger partial charge in [0.1, 0.15) is 6.61 Å². The molecule has 6 nitrogen and oxygen atoms in total. The normalized spacial score (nSPS) is 24.2. The molecular formula is C19H27N3O3. The molecule has 0 aromatic heterocycles. The second-order valence-electron chi connectivity index (χ2n) is 7.17. The van der Waals surface area contributed by atoms with Gasteiger partial charge >= 0.3 is 0 Å². The van der Waals surface area contributed by atoms with E-state index in [0.29, 0.717) is 13.1 Å². The van der Waals surface area contributed by atoms with Gasteiger partial charge in [0.25, 0.3) is 0 Å². The van der Waals surface area contributed by atoms with E-state index in [9.17, 15) is 9.59 Å². The molecule has 0 aliphatic carbocycles. The lowest BCUT2D eigenvalue weighted by Gasteiger charge is -2.40. The summed E-state index contributed by atoms with van der Waals surface area (Å²) < 4.78 is 5.54. The average Bonchev–Trinajstić information content (AvgIpc) is 2.64. The zero-order chi connectivity index (χ0) is 17.9. The van der Waals surface area contributed by atoms with Crippen LogP contribution in [0.4, 0.5) is 0 Å². The third-order valence-corrected chi connectivity index (χ3v) is 5.44. The molecular weight excluding hydrogens is 318 g/mol. The highest BCUT2D eigenvalue weighted by Gasteiger charge is 2.42. The number of carbonyl (C=O) groups is 2. The molecule has 0 unspecified atom stereocenters. The van der Waals surface area contributed by atoms with Crippen LogP contribution in [0.2, 0.25) is 0 Å². The fourth-order valence-corrected chi connectivity index (χ4v) is 3.66. The number of likely N-dealkylation sites (tertiary alicyclic amines) is 1. The molecule has 0 bridgehead atoms. The van der Waals surface area contributed by atoms with Crippen molar-refractivity contribution < 1.29 is 14.3 Å². The van der Waals surface area contributed by atoms with Crippen LogP contribution < -0.4 is 5.32 Å². The summed E-state index contributed by atoms with van der Waals surface area (Å²) in [5.41, 5.74) is 0.599. The van der Waals surface area contributed by atoms with Gasteiger partial charge in [-0.1, -0.05) is 30.3 Å². The molecule has 1 aromatic rings. The number of carbonyl (C=O) groups excluding carboxylic acids is 2. The smallest absolute Gasteiger partial charge is 0.248 e. The van der Waals surface area contributed by atoms with Gasteiger partial charge in [-0.15, -0.1) is 0 Å². The van der Waals surface area contributed by atoms with E-state index in [-0.39, 0.29) is 24.5 Å². The number of morpholine rings is 1. The number of hydrogen-bond acceptors (Lipinski definition) is 4. The first-order valence-electron chi connectivity index (χ1n) is 8.89. The number of rotatable bonds is 4. The summed E-state index contributed by atoms with van der Waals surface area (Å²) in [7, 11) is 3.86. The van der Waals surface area contributed by atoms with Crippen molar-refractivity contribution in [3.8, 4) is 0 Å². The highest BCUT2D eigenvalue weighted by Crippen LogP contribution is 2.35. The Labute approximate surface area is 149 Å². The van der Waals surface area contributed by atoms with Crippen LogP contribution in [0.5, 0.6) is 0 Å². The molecule has 1 atom stereocenters. The topological polar surface area (TPSA) is 61.9 Å². The maximum Gasteiger partial charge on any atom is 0.248 e. The number of nitrogens with one attached hydrogen (secondary N) is 1. The summed E-state index contributed by atoms with van der Waals surface area (Å²) in [4.78, 5) is 28.6. The average molecular weight is 345 g/mol. The molecule has 3 rings (SSSR count). The van der Waals surface area contributed by atoms with E-state index in [4.69, 9.17) is 4.74 Å². The number of hydrogen-bond donors (Lipinski definition) is 1. The van der Waals surface area contributed by atoms with Crippen LogP contribution in [-0.2, 0) is 19.7 Å². The standard InChI is InChI=1S/C19H27N3O3/c1-21-10-8-19(9-11-21,15-6-4-3-5-7-15)18(24)20-12-16-13-22(2)17(23)14-25-16/h3-7,16H,8-14H2,1-2H3,(H,20,24)/t16-/m0/s1. The van der Waals surface area contributed by atoms with E-state index >= 15 is 0 Å². The molecule has 0 spiro atoms. The summed E-state index contributed by atoms with van der Waals surface area (Å²) in [6.07, 6.45) is 1.47. The molecule has 0 radical (unpaired) electrons. The molecule has 2 heterocycles. The molecule has 1 N–H and O–H groups in total. The highest BCUT2D eigenvalue weighted by atomic mass is 16.5. The van der Waals surface area contributed by atoms with Crippen molar-refractivity contribution in [3.63, 3.8) is 0 Å². The number of ether oxygens (including phenoxy) is 1. The van der Waals surface area contributed by atoms with Crippen molar-refractivity contribution in [3.05, 3.63) is 35.9 Å². The molecule has 0 saturated carbocycles. The minimum absolute atomic E-state index is 0.0151. The van der Waals surface area contributed by atoms with Gasteiger partial charge in [-0.05, 0) is 38.5 Å². The predicted molar refractivity (Wildman–Crippen MR) is 95.2 cm³/mol. The van der Waals surface area contributed by atoms with Crippen molar-refractivity contribution in [1.82, 2.24) is 15.1 Å². The summed E-state index contributed by atoms with van der Waals surface area (Å²) in [5, 5.41) is 3.09. The quantitative estimate of drug-likeness (QED) is 0.869. The first-order chi connectivity index (χ1) is 12.0. The molecule has 2 saturated heterocycles. The van der Waals surface area contributed by atoms with Gasteiger partial charge in [0, 0.05) is 20.1 Å². The third-order valence-electron chi connectivity index (χ3n) is 5.44. The summed E-state index contributed by atoms with van der Waals surface area (Å²) in [6.45, 7) is 2.84. The maximum absolute atomic E-state index is 13.1. The van der Waals surface area contributed by atoms with Crippen LogP contribution in [0.25, 0.3) is 0 Å². The molecule has 25 heavy (non-hydrogen) atoms. The Hall–Kier alpha value is -1.92. The fourth-order valence-electron chi connectivity index (χ4n) is 3.66. The molecule has 1 aromatic carbocycles. The first kappa shape index (κ1) is 17.9. The van der Waals surface area contributed by atoms with E-state index in [0.717, 1.165) is 31.5 Å². The Bertz CT molecular complexity index is 612. The number of piperidine rings is 1. The van der Waals surface area contributed by atoms with Crippen molar-refractivity contribution in [2.45, 2.75) is 24.4 Å². The van der Waals surface area contributed by atoms with E-state index in [1.54, 1.807) is 11.9 Å². The fraction of sp³-hybridized carbons (Fsp3) is 0.579. The number of nitrogens with zero attached hydrogens (tertiary/aromatic N) is 2. The van der Waals surface area contributed by atoms with Crippen LogP contribution in [-0.4, -0.2) is 74.6 Å². The van der Waals surface area contributed by atoms with E-state index in [1.165, 1.54) is 0 Å². The summed E-state index contributed by atoms with van der Waals surface area (Å²) in [6, 6.07) is 10.1. The monoisotopic (exact) mass is 345 g/mol.